The molecule has 4 nitrogen and oxygen atoms in total. The number of likely N-dealkylation sites (tertiary alicyclic amines) is 1. The summed E-state index contributed by atoms with van der Waals surface area (Å²) in [5, 5.41) is 11.8. The second-order valence-corrected chi connectivity index (χ2v) is 7.08. The van der Waals surface area contributed by atoms with Gasteiger partial charge in [0.2, 0.25) is 0 Å². The summed E-state index contributed by atoms with van der Waals surface area (Å²) in [7, 11) is 2.01. The van der Waals surface area contributed by atoms with Gasteiger partial charge < -0.3 is 19.7 Å². The molecule has 7 heteroatoms. The van der Waals surface area contributed by atoms with Gasteiger partial charge in [-0.15, -0.1) is 0 Å². The Bertz CT molecular complexity index is 838. The van der Waals surface area contributed by atoms with E-state index in [1.807, 2.05) is 7.05 Å². The fourth-order valence-corrected chi connectivity index (χ4v) is 3.75. The van der Waals surface area contributed by atoms with Gasteiger partial charge in [-0.25, -0.2) is 0 Å². The van der Waals surface area contributed by atoms with Crippen molar-refractivity contribution < 1.29 is 23.1 Å². The van der Waals surface area contributed by atoms with Crippen LogP contribution in [0.15, 0.2) is 48.5 Å². The number of hydrogen-bond acceptors (Lipinski definition) is 3. The predicted octanol–water partition coefficient (Wildman–Crippen LogP) is 4.01. The molecular weight excluding hydrogens is 369 g/mol. The van der Waals surface area contributed by atoms with Crippen LogP contribution in [-0.4, -0.2) is 37.2 Å². The summed E-state index contributed by atoms with van der Waals surface area (Å²) in [6.45, 7) is 1.21. The summed E-state index contributed by atoms with van der Waals surface area (Å²) in [4.78, 5) is 15.1. The van der Waals surface area contributed by atoms with E-state index in [1.165, 1.54) is 6.07 Å². The third-order valence-corrected chi connectivity index (χ3v) is 5.27. The lowest BCUT2D eigenvalue weighted by molar-refractivity contribution is -0.246. The van der Waals surface area contributed by atoms with Crippen molar-refractivity contribution >= 4 is 11.8 Å². The smallest absolute Gasteiger partial charge is 0.416 e. The third kappa shape index (κ3) is 4.47. The average Bonchev–Trinajstić information content (AvgIpc) is 3.06. The van der Waals surface area contributed by atoms with E-state index in [1.54, 1.807) is 30.3 Å². The minimum absolute atomic E-state index is 0.229. The van der Waals surface area contributed by atoms with Crippen LogP contribution in [0.4, 0.5) is 23.7 Å². The van der Waals surface area contributed by atoms with Crippen molar-refractivity contribution in [1.82, 2.24) is 4.90 Å². The topological polar surface area (TPSA) is 46.6 Å². The highest BCUT2D eigenvalue weighted by atomic mass is 19.4. The Hall–Kier alpha value is -2.54. The van der Waals surface area contributed by atoms with Crippen molar-refractivity contribution in [3.8, 4) is 11.1 Å². The molecule has 0 bridgehead atoms. The molecular formula is C21H22F3N2O2-. The lowest BCUT2D eigenvalue weighted by atomic mass is 10.00. The first kappa shape index (κ1) is 20.2. The second kappa shape index (κ2) is 8.22. The largest absolute Gasteiger partial charge is 0.530 e. The molecule has 1 unspecified atom stereocenters. The maximum absolute atomic E-state index is 13.1. The van der Waals surface area contributed by atoms with Crippen molar-refractivity contribution in [2.45, 2.75) is 31.5 Å². The molecule has 0 N–H and O–H groups in total. The first-order valence-corrected chi connectivity index (χ1v) is 9.23. The van der Waals surface area contributed by atoms with E-state index in [0.29, 0.717) is 29.3 Å². The Morgan fingerprint density at radius 2 is 1.96 bits per heavy atom. The number of benzene rings is 2. The van der Waals surface area contributed by atoms with Gasteiger partial charge in [-0.2, -0.15) is 13.2 Å². The molecule has 1 atom stereocenters. The quantitative estimate of drug-likeness (QED) is 0.774. The molecule has 2 aromatic rings. The number of amides is 1. The van der Waals surface area contributed by atoms with Crippen LogP contribution >= 0.6 is 0 Å². The van der Waals surface area contributed by atoms with Crippen molar-refractivity contribution in [1.29, 1.82) is 0 Å². The van der Waals surface area contributed by atoms with Gasteiger partial charge in [0.05, 0.1) is 5.56 Å². The number of carboxylic acid groups (broad SMARTS) is 1. The van der Waals surface area contributed by atoms with E-state index in [4.69, 9.17) is 0 Å². The summed E-state index contributed by atoms with van der Waals surface area (Å²) < 4.78 is 39.2. The van der Waals surface area contributed by atoms with Gasteiger partial charge in [0.15, 0.2) is 0 Å². The minimum Gasteiger partial charge on any atom is -0.530 e. The molecule has 3 rings (SSSR count). The fraction of sp³-hybridized carbons (Fsp3) is 0.381. The van der Waals surface area contributed by atoms with Gasteiger partial charge in [-0.1, -0.05) is 30.3 Å². The van der Waals surface area contributed by atoms with Gasteiger partial charge >= 0.3 is 6.18 Å². The number of carbonyl (C=O) groups is 1. The summed E-state index contributed by atoms with van der Waals surface area (Å²) in [6.07, 6.45) is -3.10. The van der Waals surface area contributed by atoms with Gasteiger partial charge in [0.25, 0.3) is 0 Å². The number of para-hydroxylation sites is 1. The molecule has 1 fully saturated rings. The van der Waals surface area contributed by atoms with Crippen LogP contribution in [0.25, 0.3) is 11.1 Å². The number of halogens is 3. The fourth-order valence-electron chi connectivity index (χ4n) is 3.75. The van der Waals surface area contributed by atoms with Crippen LogP contribution in [0.2, 0.25) is 0 Å². The Labute approximate surface area is 162 Å². The molecule has 0 aliphatic carbocycles. The van der Waals surface area contributed by atoms with E-state index in [9.17, 15) is 23.1 Å². The molecule has 1 heterocycles. The lowest BCUT2D eigenvalue weighted by Crippen LogP contribution is -2.43. The zero-order chi connectivity index (χ0) is 20.3. The number of alkyl halides is 3. The van der Waals surface area contributed by atoms with E-state index in [-0.39, 0.29) is 6.54 Å². The van der Waals surface area contributed by atoms with Gasteiger partial charge in [-0.05, 0) is 56.6 Å². The Morgan fingerprint density at radius 1 is 1.21 bits per heavy atom. The van der Waals surface area contributed by atoms with Crippen molar-refractivity contribution in [3.05, 3.63) is 54.1 Å². The van der Waals surface area contributed by atoms with Crippen molar-refractivity contribution in [2.75, 3.05) is 25.0 Å². The second-order valence-electron chi connectivity index (χ2n) is 7.08. The predicted molar refractivity (Wildman–Crippen MR) is 99.9 cm³/mol. The van der Waals surface area contributed by atoms with Gasteiger partial charge in [-0.3, -0.25) is 0 Å². The lowest BCUT2D eigenvalue weighted by Gasteiger charge is -2.30. The SMILES string of the molecule is CN1CCCC1CCN(C(=O)[O-])c1ccccc1-c1cccc(C(F)(F)F)c1. The van der Waals surface area contributed by atoms with E-state index < -0.39 is 17.8 Å². The van der Waals surface area contributed by atoms with Crippen LogP contribution in [-0.2, 0) is 6.18 Å². The number of carbonyl (C=O) groups excluding carboxylic acids is 1. The van der Waals surface area contributed by atoms with Crippen LogP contribution in [0.1, 0.15) is 24.8 Å². The molecule has 1 saturated heterocycles. The van der Waals surface area contributed by atoms with Crippen LogP contribution < -0.4 is 10.0 Å². The van der Waals surface area contributed by atoms with Crippen LogP contribution in [0.5, 0.6) is 0 Å². The summed E-state index contributed by atoms with van der Waals surface area (Å²) >= 11 is 0. The number of hydrogen-bond donors (Lipinski definition) is 0. The molecule has 1 aliphatic heterocycles. The van der Waals surface area contributed by atoms with Gasteiger partial charge in [0, 0.05) is 23.8 Å². The zero-order valence-corrected chi connectivity index (χ0v) is 15.6. The number of rotatable bonds is 5. The summed E-state index contributed by atoms with van der Waals surface area (Å²) in [5.41, 5.74) is 0.307. The summed E-state index contributed by atoms with van der Waals surface area (Å²) in [5.74, 6) is 0. The van der Waals surface area contributed by atoms with E-state index >= 15 is 0 Å². The zero-order valence-electron chi connectivity index (χ0n) is 15.6. The monoisotopic (exact) mass is 391 g/mol. The first-order chi connectivity index (χ1) is 13.3. The average molecular weight is 391 g/mol. The normalized spacial score (nSPS) is 17.6. The molecule has 0 aromatic heterocycles. The molecule has 0 spiro atoms. The third-order valence-electron chi connectivity index (χ3n) is 5.27. The van der Waals surface area contributed by atoms with Crippen molar-refractivity contribution in [2.24, 2.45) is 0 Å². The Morgan fingerprint density at radius 3 is 2.61 bits per heavy atom. The highest BCUT2D eigenvalue weighted by molar-refractivity contribution is 5.92. The Balaban J connectivity index is 1.92. The van der Waals surface area contributed by atoms with Gasteiger partial charge in [0.1, 0.15) is 6.09 Å². The minimum atomic E-state index is -4.47. The van der Waals surface area contributed by atoms with Crippen molar-refractivity contribution in [3.63, 3.8) is 0 Å². The highest BCUT2D eigenvalue weighted by Gasteiger charge is 2.30. The molecule has 150 valence electrons. The highest BCUT2D eigenvalue weighted by Crippen LogP contribution is 2.36. The maximum Gasteiger partial charge on any atom is 0.416 e. The van der Waals surface area contributed by atoms with Crippen LogP contribution in [0.3, 0.4) is 0 Å². The first-order valence-electron chi connectivity index (χ1n) is 9.23. The number of nitrogens with zero attached hydrogens (tertiary/aromatic N) is 2. The van der Waals surface area contributed by atoms with E-state index in [2.05, 4.69) is 4.90 Å². The molecule has 1 amide bonds. The maximum atomic E-state index is 13.1. The standard InChI is InChI=1S/C21H23F3N2O2/c1-25-12-5-8-17(25)11-13-26(20(27)28)19-10-3-2-9-18(19)15-6-4-7-16(14-15)21(22,23)24/h2-4,6-7,9-10,14,17H,5,8,11-13H2,1H3,(H,27,28)/p-1. The summed E-state index contributed by atoms with van der Waals surface area (Å²) in [6, 6.07) is 11.8. The molecule has 2 aromatic carbocycles. The number of anilines is 1. The van der Waals surface area contributed by atoms with E-state index in [0.717, 1.165) is 36.4 Å². The Kier molecular flexibility index (Phi) is 5.93. The molecule has 0 radical (unpaired) electrons. The molecule has 0 saturated carbocycles. The van der Waals surface area contributed by atoms with Crippen LogP contribution in [0, 0.1) is 0 Å². The molecule has 28 heavy (non-hydrogen) atoms. The molecule has 1 aliphatic rings.